The number of carbonyl (C=O) groups excluding carboxylic acids is 1. The number of hydrogen-bond acceptors (Lipinski definition) is 5. The third-order valence-electron chi connectivity index (χ3n) is 3.58. The standard InChI is InChI=1S/C16H17ClN6O/c1-10-4-5-11(6-12(10)17)21-13(24)7-23-9-20-14-15(22(2)3)18-8-19-16(14)23/h4-6,8-9H,7H2,1-3H3,(H,21,24). The van der Waals surface area contributed by atoms with E-state index in [9.17, 15) is 4.79 Å². The molecule has 2 aromatic heterocycles. The maximum absolute atomic E-state index is 12.3. The largest absolute Gasteiger partial charge is 0.361 e. The van der Waals surface area contributed by atoms with Crippen LogP contribution in [0.5, 0.6) is 0 Å². The topological polar surface area (TPSA) is 75.9 Å². The van der Waals surface area contributed by atoms with Crippen molar-refractivity contribution in [2.45, 2.75) is 13.5 Å². The van der Waals surface area contributed by atoms with Crippen molar-refractivity contribution in [3.05, 3.63) is 41.4 Å². The number of imidazole rings is 1. The first-order valence-corrected chi connectivity index (χ1v) is 7.72. The fourth-order valence-corrected chi connectivity index (χ4v) is 2.52. The molecule has 1 amide bonds. The van der Waals surface area contributed by atoms with E-state index < -0.39 is 0 Å². The zero-order valence-corrected chi connectivity index (χ0v) is 14.4. The number of fused-ring (bicyclic) bond motifs is 1. The molecular weight excluding hydrogens is 328 g/mol. The summed E-state index contributed by atoms with van der Waals surface area (Å²) in [5.41, 5.74) is 2.89. The molecule has 1 N–H and O–H groups in total. The van der Waals surface area contributed by atoms with Gasteiger partial charge in [-0.25, -0.2) is 15.0 Å². The number of anilines is 2. The van der Waals surface area contributed by atoms with Gasteiger partial charge in [0.1, 0.15) is 12.9 Å². The molecule has 0 radical (unpaired) electrons. The van der Waals surface area contributed by atoms with Gasteiger partial charge in [-0.3, -0.25) is 4.79 Å². The molecule has 3 aromatic rings. The maximum atomic E-state index is 12.3. The number of carbonyl (C=O) groups is 1. The molecule has 0 aliphatic carbocycles. The summed E-state index contributed by atoms with van der Waals surface area (Å²) >= 11 is 6.08. The molecular formula is C16H17ClN6O. The third-order valence-corrected chi connectivity index (χ3v) is 3.98. The number of rotatable bonds is 4. The summed E-state index contributed by atoms with van der Waals surface area (Å²) in [6, 6.07) is 5.41. The van der Waals surface area contributed by atoms with E-state index in [1.807, 2.05) is 38.1 Å². The number of amides is 1. The number of nitrogens with zero attached hydrogens (tertiary/aromatic N) is 5. The maximum Gasteiger partial charge on any atom is 0.244 e. The van der Waals surface area contributed by atoms with Crippen molar-refractivity contribution < 1.29 is 4.79 Å². The van der Waals surface area contributed by atoms with Gasteiger partial charge in [0.05, 0.1) is 6.33 Å². The molecule has 7 nitrogen and oxygen atoms in total. The minimum Gasteiger partial charge on any atom is -0.361 e. The highest BCUT2D eigenvalue weighted by atomic mass is 35.5. The smallest absolute Gasteiger partial charge is 0.244 e. The summed E-state index contributed by atoms with van der Waals surface area (Å²) in [5, 5.41) is 3.44. The van der Waals surface area contributed by atoms with Crippen LogP contribution < -0.4 is 10.2 Å². The molecule has 3 rings (SSSR count). The first-order valence-electron chi connectivity index (χ1n) is 7.35. The van der Waals surface area contributed by atoms with Crippen LogP contribution in [0.25, 0.3) is 11.2 Å². The van der Waals surface area contributed by atoms with Crippen molar-refractivity contribution in [2.75, 3.05) is 24.3 Å². The summed E-state index contributed by atoms with van der Waals surface area (Å²) in [6.07, 6.45) is 3.06. The Kier molecular flexibility index (Phi) is 4.35. The molecule has 0 unspecified atom stereocenters. The Morgan fingerprint density at radius 1 is 1.29 bits per heavy atom. The van der Waals surface area contributed by atoms with E-state index in [4.69, 9.17) is 11.6 Å². The van der Waals surface area contributed by atoms with Gasteiger partial charge in [-0.1, -0.05) is 17.7 Å². The second-order valence-corrected chi connectivity index (χ2v) is 6.06. The van der Waals surface area contributed by atoms with Gasteiger partial charge < -0.3 is 14.8 Å². The van der Waals surface area contributed by atoms with Crippen molar-refractivity contribution in [3.8, 4) is 0 Å². The minimum absolute atomic E-state index is 0.103. The van der Waals surface area contributed by atoms with Crippen LogP contribution in [0.1, 0.15) is 5.56 Å². The Morgan fingerprint density at radius 3 is 2.79 bits per heavy atom. The molecule has 0 spiro atoms. The van der Waals surface area contributed by atoms with E-state index in [-0.39, 0.29) is 12.5 Å². The van der Waals surface area contributed by atoms with Crippen molar-refractivity contribution in [1.29, 1.82) is 0 Å². The Balaban J connectivity index is 1.80. The van der Waals surface area contributed by atoms with Gasteiger partial charge in [-0.05, 0) is 24.6 Å². The van der Waals surface area contributed by atoms with Crippen molar-refractivity contribution in [3.63, 3.8) is 0 Å². The number of nitrogens with one attached hydrogen (secondary N) is 1. The van der Waals surface area contributed by atoms with Gasteiger partial charge in [-0.15, -0.1) is 0 Å². The fraction of sp³-hybridized carbons (Fsp3) is 0.250. The molecule has 0 aliphatic rings. The van der Waals surface area contributed by atoms with E-state index in [0.29, 0.717) is 27.7 Å². The van der Waals surface area contributed by atoms with Crippen LogP contribution >= 0.6 is 11.6 Å². The zero-order valence-electron chi connectivity index (χ0n) is 13.6. The SMILES string of the molecule is Cc1ccc(NC(=O)Cn2cnc3c(N(C)C)ncnc32)cc1Cl. The van der Waals surface area contributed by atoms with E-state index in [1.165, 1.54) is 6.33 Å². The van der Waals surface area contributed by atoms with Gasteiger partial charge >= 0.3 is 0 Å². The van der Waals surface area contributed by atoms with Crippen LogP contribution in [0.3, 0.4) is 0 Å². The van der Waals surface area contributed by atoms with Gasteiger partial charge in [-0.2, -0.15) is 0 Å². The van der Waals surface area contributed by atoms with E-state index in [0.717, 1.165) is 5.56 Å². The molecule has 0 atom stereocenters. The van der Waals surface area contributed by atoms with E-state index in [2.05, 4.69) is 20.3 Å². The lowest BCUT2D eigenvalue weighted by Crippen LogP contribution is -2.18. The number of halogens is 1. The summed E-state index contributed by atoms with van der Waals surface area (Å²) in [4.78, 5) is 26.9. The second-order valence-electron chi connectivity index (χ2n) is 5.65. The molecule has 124 valence electrons. The van der Waals surface area contributed by atoms with Gasteiger partial charge in [0, 0.05) is 24.8 Å². The lowest BCUT2D eigenvalue weighted by atomic mass is 10.2. The number of hydrogen-bond donors (Lipinski definition) is 1. The highest BCUT2D eigenvalue weighted by Crippen LogP contribution is 2.21. The van der Waals surface area contributed by atoms with E-state index >= 15 is 0 Å². The molecule has 1 aromatic carbocycles. The molecule has 2 heterocycles. The van der Waals surface area contributed by atoms with Crippen LogP contribution in [-0.2, 0) is 11.3 Å². The van der Waals surface area contributed by atoms with Crippen LogP contribution in [0, 0.1) is 6.92 Å². The average molecular weight is 345 g/mol. The van der Waals surface area contributed by atoms with E-state index in [1.54, 1.807) is 17.0 Å². The second kappa shape index (κ2) is 6.45. The summed E-state index contributed by atoms with van der Waals surface area (Å²) < 4.78 is 1.69. The Bertz CT molecular complexity index is 905. The van der Waals surface area contributed by atoms with Crippen LogP contribution in [0.15, 0.2) is 30.9 Å². The molecule has 0 saturated heterocycles. The van der Waals surface area contributed by atoms with Crippen LogP contribution in [0.4, 0.5) is 11.5 Å². The number of aromatic nitrogens is 4. The first kappa shape index (κ1) is 16.2. The summed E-state index contributed by atoms with van der Waals surface area (Å²) in [6.45, 7) is 2.01. The van der Waals surface area contributed by atoms with Crippen molar-refractivity contribution >= 4 is 40.2 Å². The summed E-state index contributed by atoms with van der Waals surface area (Å²) in [7, 11) is 3.77. The monoisotopic (exact) mass is 344 g/mol. The van der Waals surface area contributed by atoms with Crippen LogP contribution in [-0.4, -0.2) is 39.5 Å². The normalized spacial score (nSPS) is 10.8. The average Bonchev–Trinajstić information content (AvgIpc) is 2.94. The Hall–Kier alpha value is -2.67. The van der Waals surface area contributed by atoms with Crippen molar-refractivity contribution in [1.82, 2.24) is 19.5 Å². The van der Waals surface area contributed by atoms with Gasteiger partial charge in [0.2, 0.25) is 5.91 Å². The lowest BCUT2D eigenvalue weighted by Gasteiger charge is -2.11. The number of aryl methyl sites for hydroxylation is 1. The lowest BCUT2D eigenvalue weighted by molar-refractivity contribution is -0.116. The predicted molar refractivity (Wildman–Crippen MR) is 94.5 cm³/mol. The van der Waals surface area contributed by atoms with Gasteiger partial charge in [0.15, 0.2) is 17.0 Å². The first-order chi connectivity index (χ1) is 11.5. The molecule has 0 fully saturated rings. The molecule has 0 bridgehead atoms. The predicted octanol–water partition coefficient (Wildman–Crippen LogP) is 2.49. The quantitative estimate of drug-likeness (QED) is 0.787. The molecule has 24 heavy (non-hydrogen) atoms. The summed E-state index contributed by atoms with van der Waals surface area (Å²) in [5.74, 6) is 0.531. The Morgan fingerprint density at radius 2 is 2.08 bits per heavy atom. The molecule has 0 aliphatic heterocycles. The Labute approximate surface area is 144 Å². The molecule has 0 saturated carbocycles. The minimum atomic E-state index is -0.181. The highest BCUT2D eigenvalue weighted by Gasteiger charge is 2.13. The highest BCUT2D eigenvalue weighted by molar-refractivity contribution is 6.31. The zero-order chi connectivity index (χ0) is 17.3. The van der Waals surface area contributed by atoms with Crippen molar-refractivity contribution in [2.24, 2.45) is 0 Å². The third kappa shape index (κ3) is 3.16. The molecule has 8 heteroatoms. The number of benzene rings is 1. The van der Waals surface area contributed by atoms with Gasteiger partial charge in [0.25, 0.3) is 0 Å². The fourth-order valence-electron chi connectivity index (χ4n) is 2.34. The van der Waals surface area contributed by atoms with Crippen LogP contribution in [0.2, 0.25) is 5.02 Å².